The molecule has 0 spiro atoms. The summed E-state index contributed by atoms with van der Waals surface area (Å²) in [5.74, 6) is -0.896. The number of hydrogen-bond acceptors (Lipinski definition) is 5. The summed E-state index contributed by atoms with van der Waals surface area (Å²) in [4.78, 5) is 29.7. The van der Waals surface area contributed by atoms with Gasteiger partial charge in [-0.25, -0.2) is 9.36 Å². The van der Waals surface area contributed by atoms with Crippen LogP contribution in [0.25, 0.3) is 28.0 Å². The molecule has 0 aliphatic heterocycles. The van der Waals surface area contributed by atoms with Crippen LogP contribution in [0.15, 0.2) is 70.0 Å². The number of amides is 1. The Balaban J connectivity index is 1.89. The number of aliphatic hydroxyl groups is 1. The molecule has 0 aliphatic rings. The monoisotopic (exact) mass is 403 g/mol. The first kappa shape index (κ1) is 19.6. The minimum atomic E-state index is -0.671. The third-order valence-corrected chi connectivity index (χ3v) is 4.69. The standard InChI is InChI=1S/C23H21N3O4/c1-14-7-8-19(24-12-14)16-9-17(22(28)25-13-15(2)27)11-18(10-16)26-20-5-3-4-6-21(20)30-23(26)29/h3-12,15,27H,13H2,1-2H3,(H,25,28)/t15-/m0/s1. The van der Waals surface area contributed by atoms with E-state index >= 15 is 0 Å². The van der Waals surface area contributed by atoms with Crippen molar-refractivity contribution in [1.82, 2.24) is 14.9 Å². The fraction of sp³-hybridized carbons (Fsp3) is 0.174. The second kappa shape index (κ2) is 7.96. The second-order valence-corrected chi connectivity index (χ2v) is 7.22. The highest BCUT2D eigenvalue weighted by atomic mass is 16.4. The number of carbonyl (C=O) groups excluding carboxylic acids is 1. The summed E-state index contributed by atoms with van der Waals surface area (Å²) in [6, 6.07) is 16.0. The van der Waals surface area contributed by atoms with E-state index in [0.29, 0.717) is 33.6 Å². The van der Waals surface area contributed by atoms with Gasteiger partial charge < -0.3 is 14.8 Å². The van der Waals surface area contributed by atoms with Gasteiger partial charge in [0.2, 0.25) is 0 Å². The number of nitrogens with one attached hydrogen (secondary N) is 1. The number of pyridine rings is 1. The number of rotatable bonds is 5. The number of aryl methyl sites for hydroxylation is 1. The van der Waals surface area contributed by atoms with E-state index in [1.807, 2.05) is 25.1 Å². The average molecular weight is 403 g/mol. The highest BCUT2D eigenvalue weighted by Crippen LogP contribution is 2.25. The quantitative estimate of drug-likeness (QED) is 0.534. The molecule has 2 heterocycles. The molecule has 2 aromatic heterocycles. The first-order valence-corrected chi connectivity index (χ1v) is 9.58. The highest BCUT2D eigenvalue weighted by Gasteiger charge is 2.16. The molecule has 2 N–H and O–H groups in total. The van der Waals surface area contributed by atoms with Crippen molar-refractivity contribution in [3.8, 4) is 16.9 Å². The molecule has 0 aliphatic carbocycles. The Morgan fingerprint density at radius 3 is 2.73 bits per heavy atom. The van der Waals surface area contributed by atoms with Crippen LogP contribution in [0.1, 0.15) is 22.8 Å². The molecule has 1 atom stereocenters. The molecule has 2 aromatic carbocycles. The van der Waals surface area contributed by atoms with Crippen LogP contribution in [0.4, 0.5) is 0 Å². The van der Waals surface area contributed by atoms with Gasteiger partial charge in [-0.1, -0.05) is 18.2 Å². The normalized spacial score (nSPS) is 12.1. The van der Waals surface area contributed by atoms with Crippen LogP contribution in [0.5, 0.6) is 0 Å². The lowest BCUT2D eigenvalue weighted by Gasteiger charge is -2.12. The Morgan fingerprint density at radius 2 is 2.00 bits per heavy atom. The number of carbonyl (C=O) groups is 1. The lowest BCUT2D eigenvalue weighted by Crippen LogP contribution is -2.30. The zero-order valence-electron chi connectivity index (χ0n) is 16.6. The Hall–Kier alpha value is -3.71. The Kier molecular flexibility index (Phi) is 5.20. The van der Waals surface area contributed by atoms with Gasteiger partial charge in [0.25, 0.3) is 5.91 Å². The molecule has 4 aromatic rings. The number of nitrogens with zero attached hydrogens (tertiary/aromatic N) is 2. The number of oxazole rings is 1. The predicted octanol–water partition coefficient (Wildman–Crippen LogP) is 3.06. The number of aliphatic hydroxyl groups excluding tert-OH is 1. The number of aromatic nitrogens is 2. The molecule has 0 bridgehead atoms. The van der Waals surface area contributed by atoms with Crippen LogP contribution in [0.2, 0.25) is 0 Å². The molecule has 7 heteroatoms. The summed E-state index contributed by atoms with van der Waals surface area (Å²) in [5.41, 5.74) is 4.28. The van der Waals surface area contributed by atoms with Gasteiger partial charge in [-0.3, -0.25) is 9.78 Å². The van der Waals surface area contributed by atoms with E-state index in [9.17, 15) is 14.7 Å². The van der Waals surface area contributed by atoms with Crippen molar-refractivity contribution in [2.24, 2.45) is 0 Å². The summed E-state index contributed by atoms with van der Waals surface area (Å²) in [6.45, 7) is 3.66. The zero-order valence-corrected chi connectivity index (χ0v) is 16.6. The van der Waals surface area contributed by atoms with E-state index < -0.39 is 11.9 Å². The van der Waals surface area contributed by atoms with Crippen LogP contribution in [0.3, 0.4) is 0 Å². The minimum Gasteiger partial charge on any atom is -0.407 e. The SMILES string of the molecule is Cc1ccc(-c2cc(C(=O)NC[C@H](C)O)cc(-n3c(=O)oc4ccccc43)c2)nc1. The van der Waals surface area contributed by atoms with E-state index in [1.54, 1.807) is 49.5 Å². The Morgan fingerprint density at radius 1 is 1.20 bits per heavy atom. The first-order chi connectivity index (χ1) is 14.4. The van der Waals surface area contributed by atoms with E-state index in [0.717, 1.165) is 5.56 Å². The number of para-hydroxylation sites is 2. The molecular weight excluding hydrogens is 382 g/mol. The lowest BCUT2D eigenvalue weighted by molar-refractivity contribution is 0.0924. The molecule has 0 unspecified atom stereocenters. The third-order valence-electron chi connectivity index (χ3n) is 4.69. The number of hydrogen-bond donors (Lipinski definition) is 2. The van der Waals surface area contributed by atoms with Crippen LogP contribution in [-0.4, -0.2) is 33.2 Å². The fourth-order valence-corrected chi connectivity index (χ4v) is 3.21. The summed E-state index contributed by atoms with van der Waals surface area (Å²) in [6.07, 6.45) is 1.07. The van der Waals surface area contributed by atoms with Gasteiger partial charge in [0, 0.05) is 23.9 Å². The van der Waals surface area contributed by atoms with E-state index in [-0.39, 0.29) is 12.5 Å². The van der Waals surface area contributed by atoms with Gasteiger partial charge in [0.15, 0.2) is 5.58 Å². The lowest BCUT2D eigenvalue weighted by atomic mass is 10.0. The molecule has 1 amide bonds. The Bertz CT molecular complexity index is 1270. The third kappa shape index (κ3) is 3.88. The summed E-state index contributed by atoms with van der Waals surface area (Å²) >= 11 is 0. The Labute approximate surface area is 172 Å². The van der Waals surface area contributed by atoms with Crippen molar-refractivity contribution in [2.75, 3.05) is 6.54 Å². The average Bonchev–Trinajstić information content (AvgIpc) is 3.07. The first-order valence-electron chi connectivity index (χ1n) is 9.58. The second-order valence-electron chi connectivity index (χ2n) is 7.22. The van der Waals surface area contributed by atoms with E-state index in [1.165, 1.54) is 4.57 Å². The van der Waals surface area contributed by atoms with Crippen LogP contribution in [0, 0.1) is 6.92 Å². The molecule has 7 nitrogen and oxygen atoms in total. The summed E-state index contributed by atoms with van der Waals surface area (Å²) in [5, 5.41) is 12.2. The summed E-state index contributed by atoms with van der Waals surface area (Å²) < 4.78 is 6.78. The van der Waals surface area contributed by atoms with Gasteiger partial charge in [0.05, 0.1) is 23.0 Å². The van der Waals surface area contributed by atoms with E-state index in [4.69, 9.17) is 4.42 Å². The van der Waals surface area contributed by atoms with Crippen molar-refractivity contribution < 1.29 is 14.3 Å². The van der Waals surface area contributed by atoms with Crippen molar-refractivity contribution in [2.45, 2.75) is 20.0 Å². The molecule has 0 saturated heterocycles. The van der Waals surface area contributed by atoms with Crippen molar-refractivity contribution in [1.29, 1.82) is 0 Å². The van der Waals surface area contributed by atoms with Crippen molar-refractivity contribution in [3.05, 3.63) is 82.5 Å². The maximum atomic E-state index is 12.7. The highest BCUT2D eigenvalue weighted by molar-refractivity contribution is 5.96. The van der Waals surface area contributed by atoms with Gasteiger partial charge in [-0.2, -0.15) is 0 Å². The number of benzene rings is 2. The smallest absolute Gasteiger partial charge is 0.407 e. The van der Waals surface area contributed by atoms with Gasteiger partial charge >= 0.3 is 5.76 Å². The molecule has 0 radical (unpaired) electrons. The van der Waals surface area contributed by atoms with Crippen molar-refractivity contribution in [3.63, 3.8) is 0 Å². The molecule has 30 heavy (non-hydrogen) atoms. The molecule has 0 fully saturated rings. The molecule has 152 valence electrons. The van der Waals surface area contributed by atoms with Gasteiger partial charge in [0.1, 0.15) is 0 Å². The minimum absolute atomic E-state index is 0.121. The number of fused-ring (bicyclic) bond motifs is 1. The topological polar surface area (TPSA) is 97.4 Å². The van der Waals surface area contributed by atoms with Crippen LogP contribution >= 0.6 is 0 Å². The van der Waals surface area contributed by atoms with E-state index in [2.05, 4.69) is 10.3 Å². The molecular formula is C23H21N3O4. The van der Waals surface area contributed by atoms with Crippen LogP contribution < -0.4 is 11.1 Å². The molecule has 0 saturated carbocycles. The van der Waals surface area contributed by atoms with Crippen LogP contribution in [-0.2, 0) is 0 Å². The maximum absolute atomic E-state index is 12.7. The maximum Gasteiger partial charge on any atom is 0.424 e. The van der Waals surface area contributed by atoms with Gasteiger partial charge in [-0.05, 0) is 55.8 Å². The predicted molar refractivity (Wildman–Crippen MR) is 114 cm³/mol. The summed E-state index contributed by atoms with van der Waals surface area (Å²) in [7, 11) is 0. The van der Waals surface area contributed by atoms with Gasteiger partial charge in [-0.15, -0.1) is 0 Å². The zero-order chi connectivity index (χ0) is 21.3. The fourth-order valence-electron chi connectivity index (χ4n) is 3.21. The van der Waals surface area contributed by atoms with Crippen molar-refractivity contribution >= 4 is 17.0 Å². The molecule has 4 rings (SSSR count). The largest absolute Gasteiger partial charge is 0.424 e.